The number of nitrogens with zero attached hydrogens (tertiary/aromatic N) is 1. The molecule has 0 aliphatic carbocycles. The Labute approximate surface area is 88.1 Å². The van der Waals surface area contributed by atoms with Gasteiger partial charge in [0.25, 0.3) is 0 Å². The third-order valence-electron chi connectivity index (χ3n) is 1.51. The van der Waals surface area contributed by atoms with E-state index in [-0.39, 0.29) is 11.8 Å². The van der Waals surface area contributed by atoms with Gasteiger partial charge in [0, 0.05) is 6.08 Å². The van der Waals surface area contributed by atoms with Crippen LogP contribution < -0.4 is 9.47 Å². The maximum atomic E-state index is 12.0. The first-order valence-electron chi connectivity index (χ1n) is 3.95. The molecule has 1 rings (SSSR count). The summed E-state index contributed by atoms with van der Waals surface area (Å²) in [6.45, 7) is 0. The first-order chi connectivity index (χ1) is 7.38. The second-order valence-electron chi connectivity index (χ2n) is 2.58. The smallest absolute Gasteiger partial charge is 0.448 e. The molecule has 0 aromatic carbocycles. The number of allylic oxidation sites excluding steroid dienone is 1. The molecule has 16 heavy (non-hydrogen) atoms. The number of alkyl halides is 3. The molecule has 1 aromatic rings. The third-order valence-corrected chi connectivity index (χ3v) is 1.51. The Bertz CT molecular complexity index is 375. The fourth-order valence-electron chi connectivity index (χ4n) is 0.826. The molecule has 0 fully saturated rings. The molecule has 0 saturated heterocycles. The lowest BCUT2D eigenvalue weighted by molar-refractivity contribution is -0.119. The molecule has 0 bridgehead atoms. The molecular formula is C8H8F3NO4. The number of methoxy groups -OCH3 is 2. The van der Waals surface area contributed by atoms with Gasteiger partial charge in [0.15, 0.2) is 0 Å². The Hall–Kier alpha value is -1.86. The van der Waals surface area contributed by atoms with E-state index in [1.165, 1.54) is 14.2 Å². The lowest BCUT2D eigenvalue weighted by Crippen LogP contribution is -2.10. The molecule has 1 aromatic heterocycles. The summed E-state index contributed by atoms with van der Waals surface area (Å²) in [5.74, 6) is -2.57. The Morgan fingerprint density at radius 2 is 2.00 bits per heavy atom. The van der Waals surface area contributed by atoms with Crippen LogP contribution in [0.5, 0.6) is 11.8 Å². The van der Waals surface area contributed by atoms with Gasteiger partial charge < -0.3 is 19.0 Å². The van der Waals surface area contributed by atoms with E-state index in [0.717, 1.165) is 0 Å². The average Bonchev–Trinajstić information content (AvgIpc) is 2.58. The van der Waals surface area contributed by atoms with Gasteiger partial charge in [0.2, 0.25) is 11.6 Å². The highest BCUT2D eigenvalue weighted by Gasteiger charge is 2.34. The molecule has 90 valence electrons. The second kappa shape index (κ2) is 4.33. The molecule has 5 nitrogen and oxygen atoms in total. The van der Waals surface area contributed by atoms with Crippen molar-refractivity contribution in [1.29, 1.82) is 0 Å². The van der Waals surface area contributed by atoms with Crippen molar-refractivity contribution in [3.05, 3.63) is 11.6 Å². The highest BCUT2D eigenvalue weighted by Crippen LogP contribution is 2.30. The van der Waals surface area contributed by atoms with Gasteiger partial charge in [-0.1, -0.05) is 0 Å². The van der Waals surface area contributed by atoms with Crippen molar-refractivity contribution in [2.45, 2.75) is 6.18 Å². The maximum absolute atomic E-state index is 12.0. The van der Waals surface area contributed by atoms with Crippen LogP contribution in [0.3, 0.4) is 0 Å². The Kier molecular flexibility index (Phi) is 3.31. The van der Waals surface area contributed by atoms with Gasteiger partial charge in [-0.2, -0.15) is 18.2 Å². The molecule has 0 amide bonds. The van der Waals surface area contributed by atoms with Crippen LogP contribution >= 0.6 is 0 Å². The number of halogens is 3. The molecule has 0 aliphatic rings. The van der Waals surface area contributed by atoms with E-state index in [1.54, 1.807) is 0 Å². The van der Waals surface area contributed by atoms with E-state index in [0.29, 0.717) is 6.08 Å². The number of ether oxygens (including phenoxy) is 2. The van der Waals surface area contributed by atoms with Gasteiger partial charge in [-0.25, -0.2) is 0 Å². The Balaban J connectivity index is 3.02. The van der Waals surface area contributed by atoms with Gasteiger partial charge in [0.05, 0.1) is 14.2 Å². The standard InChI is InChI=1S/C8H8F3NO4/c1-14-6-7(15-2)16-5(12-6)3-4(13)8(9,10)11/h3,13H,1-2H3/b4-3-. The van der Waals surface area contributed by atoms with E-state index in [4.69, 9.17) is 9.52 Å². The Morgan fingerprint density at radius 3 is 2.38 bits per heavy atom. The van der Waals surface area contributed by atoms with Crippen molar-refractivity contribution in [3.8, 4) is 11.8 Å². The van der Waals surface area contributed by atoms with Gasteiger partial charge in [0.1, 0.15) is 0 Å². The van der Waals surface area contributed by atoms with Crippen LogP contribution in [0.25, 0.3) is 6.08 Å². The first-order valence-corrected chi connectivity index (χ1v) is 3.95. The lowest BCUT2D eigenvalue weighted by Gasteiger charge is -2.02. The number of aromatic nitrogens is 1. The van der Waals surface area contributed by atoms with Crippen molar-refractivity contribution in [2.24, 2.45) is 0 Å². The second-order valence-corrected chi connectivity index (χ2v) is 2.58. The van der Waals surface area contributed by atoms with Crippen molar-refractivity contribution in [3.63, 3.8) is 0 Å². The molecule has 0 atom stereocenters. The summed E-state index contributed by atoms with van der Waals surface area (Å²) in [6.07, 6.45) is -4.53. The zero-order valence-electron chi connectivity index (χ0n) is 8.33. The molecule has 0 unspecified atom stereocenters. The number of aliphatic hydroxyl groups is 1. The molecule has 0 aliphatic heterocycles. The van der Waals surface area contributed by atoms with Gasteiger partial charge >= 0.3 is 18.0 Å². The molecule has 1 heterocycles. The van der Waals surface area contributed by atoms with E-state index >= 15 is 0 Å². The van der Waals surface area contributed by atoms with Crippen LogP contribution in [0.1, 0.15) is 5.89 Å². The summed E-state index contributed by atoms with van der Waals surface area (Å²) in [7, 11) is 2.48. The predicted octanol–water partition coefficient (Wildman–Crippen LogP) is 2.15. The highest BCUT2D eigenvalue weighted by molar-refractivity contribution is 5.45. The zero-order chi connectivity index (χ0) is 12.3. The normalized spacial score (nSPS) is 12.7. The third kappa shape index (κ3) is 2.59. The zero-order valence-corrected chi connectivity index (χ0v) is 8.33. The average molecular weight is 239 g/mol. The molecule has 0 saturated carbocycles. The SMILES string of the molecule is COc1nc(/C=C(\O)C(F)(F)F)oc1OC. The predicted molar refractivity (Wildman–Crippen MR) is 46.3 cm³/mol. The summed E-state index contributed by atoms with van der Waals surface area (Å²) >= 11 is 0. The molecule has 0 radical (unpaired) electrons. The summed E-state index contributed by atoms with van der Waals surface area (Å²) in [4.78, 5) is 3.50. The molecule has 8 heteroatoms. The number of hydrogen-bond donors (Lipinski definition) is 1. The molecular weight excluding hydrogens is 231 g/mol. The van der Waals surface area contributed by atoms with Crippen LogP contribution in [0, 0.1) is 0 Å². The van der Waals surface area contributed by atoms with Gasteiger partial charge in [-0.15, -0.1) is 0 Å². The largest absolute Gasteiger partial charge is 0.504 e. The van der Waals surface area contributed by atoms with Gasteiger partial charge in [-0.3, -0.25) is 0 Å². The number of rotatable bonds is 3. The van der Waals surface area contributed by atoms with Crippen molar-refractivity contribution >= 4 is 6.08 Å². The molecule has 0 spiro atoms. The van der Waals surface area contributed by atoms with Crippen molar-refractivity contribution in [2.75, 3.05) is 14.2 Å². The van der Waals surface area contributed by atoms with E-state index in [2.05, 4.69) is 14.5 Å². The van der Waals surface area contributed by atoms with Crippen LogP contribution in [0.4, 0.5) is 13.2 Å². The maximum Gasteiger partial charge on any atom is 0.448 e. The number of aliphatic hydroxyl groups excluding tert-OH is 1. The summed E-state index contributed by atoms with van der Waals surface area (Å²) < 4.78 is 49.9. The first kappa shape index (κ1) is 12.2. The monoisotopic (exact) mass is 239 g/mol. The van der Waals surface area contributed by atoms with Crippen LogP contribution in [0.2, 0.25) is 0 Å². The fraction of sp³-hybridized carbons (Fsp3) is 0.375. The Morgan fingerprint density at radius 1 is 1.38 bits per heavy atom. The number of hydrogen-bond acceptors (Lipinski definition) is 5. The lowest BCUT2D eigenvalue weighted by atomic mass is 10.4. The minimum absolute atomic E-state index is 0.108. The topological polar surface area (TPSA) is 64.7 Å². The number of oxazole rings is 1. The summed E-state index contributed by atoms with van der Waals surface area (Å²) in [5.41, 5.74) is 0. The van der Waals surface area contributed by atoms with Crippen molar-refractivity contribution < 1.29 is 32.2 Å². The van der Waals surface area contributed by atoms with Crippen molar-refractivity contribution in [1.82, 2.24) is 4.98 Å². The van der Waals surface area contributed by atoms with Crippen LogP contribution in [0.15, 0.2) is 10.2 Å². The van der Waals surface area contributed by atoms with Gasteiger partial charge in [-0.05, 0) is 0 Å². The van der Waals surface area contributed by atoms with Crippen LogP contribution in [-0.4, -0.2) is 30.5 Å². The minimum Gasteiger partial charge on any atom is -0.504 e. The van der Waals surface area contributed by atoms with E-state index in [9.17, 15) is 13.2 Å². The molecule has 1 N–H and O–H groups in total. The minimum atomic E-state index is -4.85. The van der Waals surface area contributed by atoms with Crippen LogP contribution in [-0.2, 0) is 0 Å². The highest BCUT2D eigenvalue weighted by atomic mass is 19.4. The quantitative estimate of drug-likeness (QED) is 0.818. The summed E-state index contributed by atoms with van der Waals surface area (Å²) in [6, 6.07) is 0. The fourth-order valence-corrected chi connectivity index (χ4v) is 0.826. The summed E-state index contributed by atoms with van der Waals surface area (Å²) in [5, 5.41) is 8.64. The van der Waals surface area contributed by atoms with E-state index in [1.807, 2.05) is 0 Å². The van der Waals surface area contributed by atoms with E-state index < -0.39 is 17.8 Å².